The van der Waals surface area contributed by atoms with Crippen LogP contribution in [0.2, 0.25) is 0 Å². The van der Waals surface area contributed by atoms with Gasteiger partial charge in [-0.05, 0) is 36.6 Å². The summed E-state index contributed by atoms with van der Waals surface area (Å²) in [4.78, 5) is 12.5. The van der Waals surface area contributed by atoms with E-state index in [1.807, 2.05) is 12.1 Å². The number of carbonyl (C=O) groups is 1. The largest absolute Gasteiger partial charge is 0.618 e. The smallest absolute Gasteiger partial charge is 0.317 e. The van der Waals surface area contributed by atoms with Gasteiger partial charge in [0.15, 0.2) is 17.7 Å². The maximum atomic E-state index is 12.5. The number of carbonyl (C=O) groups excluding carboxylic acids is 1. The molecular formula is C20H22N2O4. The molecule has 1 aromatic carbocycles. The summed E-state index contributed by atoms with van der Waals surface area (Å²) in [5, 5.41) is 14.8. The van der Waals surface area contributed by atoms with E-state index in [0.717, 1.165) is 42.7 Å². The van der Waals surface area contributed by atoms with Gasteiger partial charge in [0, 0.05) is 24.1 Å². The van der Waals surface area contributed by atoms with Gasteiger partial charge in [-0.1, -0.05) is 25.3 Å². The molecule has 0 atom stereocenters. The van der Waals surface area contributed by atoms with Crippen LogP contribution in [0.3, 0.4) is 0 Å². The number of fused-ring (bicyclic) bond motifs is 1. The molecule has 0 saturated heterocycles. The highest BCUT2D eigenvalue weighted by Gasteiger charge is 2.36. The molecule has 0 radical (unpaired) electrons. The van der Waals surface area contributed by atoms with Crippen LogP contribution in [0.5, 0.6) is 11.5 Å². The summed E-state index contributed by atoms with van der Waals surface area (Å²) in [5.41, 5.74) is 1.13. The standard InChI is InChI=1S/C20H22N2O4/c23-19(16-6-2-5-11-22(16)24)21-13-20(9-3-1-4-10-20)15-7-8-17-18(12-15)26-14-25-17/h2,5-8,11-12H,1,3-4,9-10,13-14H2,(H,21,23). The first kappa shape index (κ1) is 16.7. The second-order valence-electron chi connectivity index (χ2n) is 7.00. The number of amides is 1. The Labute approximate surface area is 152 Å². The fourth-order valence-electron chi connectivity index (χ4n) is 3.97. The predicted molar refractivity (Wildman–Crippen MR) is 95.1 cm³/mol. The summed E-state index contributed by atoms with van der Waals surface area (Å²) in [6.45, 7) is 0.750. The zero-order chi connectivity index (χ0) is 18.0. The minimum Gasteiger partial charge on any atom is -0.618 e. The second kappa shape index (κ2) is 6.86. The highest BCUT2D eigenvalue weighted by Crippen LogP contribution is 2.43. The molecule has 1 saturated carbocycles. The van der Waals surface area contributed by atoms with Crippen LogP contribution in [0.25, 0.3) is 0 Å². The Morgan fingerprint density at radius 1 is 1.12 bits per heavy atom. The van der Waals surface area contributed by atoms with Crippen molar-refractivity contribution in [1.82, 2.24) is 5.32 Å². The van der Waals surface area contributed by atoms with Crippen LogP contribution in [-0.2, 0) is 5.41 Å². The summed E-state index contributed by atoms with van der Waals surface area (Å²) in [6.07, 6.45) is 6.79. The number of aromatic nitrogens is 1. The molecule has 2 aliphatic rings. The van der Waals surface area contributed by atoms with E-state index >= 15 is 0 Å². The summed E-state index contributed by atoms with van der Waals surface area (Å²) in [7, 11) is 0. The van der Waals surface area contributed by atoms with Crippen LogP contribution in [0.4, 0.5) is 0 Å². The van der Waals surface area contributed by atoms with E-state index in [1.165, 1.54) is 18.7 Å². The van der Waals surface area contributed by atoms with E-state index in [-0.39, 0.29) is 23.8 Å². The molecule has 1 amide bonds. The number of hydrogen-bond donors (Lipinski definition) is 1. The topological polar surface area (TPSA) is 74.5 Å². The Bertz CT molecular complexity index is 815. The second-order valence-corrected chi connectivity index (χ2v) is 7.00. The third-order valence-electron chi connectivity index (χ3n) is 5.44. The summed E-state index contributed by atoms with van der Waals surface area (Å²) in [5.74, 6) is 1.19. The van der Waals surface area contributed by atoms with E-state index in [1.54, 1.807) is 12.1 Å². The van der Waals surface area contributed by atoms with Crippen molar-refractivity contribution in [2.24, 2.45) is 0 Å². The van der Waals surface area contributed by atoms with Gasteiger partial charge in [-0.15, -0.1) is 0 Å². The molecule has 1 N–H and O–H groups in total. The lowest BCUT2D eigenvalue weighted by Gasteiger charge is -2.38. The molecule has 6 heteroatoms. The lowest BCUT2D eigenvalue weighted by molar-refractivity contribution is -0.607. The number of rotatable bonds is 4. The molecule has 6 nitrogen and oxygen atoms in total. The van der Waals surface area contributed by atoms with Gasteiger partial charge in [-0.25, -0.2) is 0 Å². The molecule has 4 rings (SSSR count). The van der Waals surface area contributed by atoms with Crippen LogP contribution < -0.4 is 19.5 Å². The maximum Gasteiger partial charge on any atom is 0.317 e. The first-order chi connectivity index (χ1) is 12.7. The van der Waals surface area contributed by atoms with Crippen molar-refractivity contribution < 1.29 is 19.0 Å². The van der Waals surface area contributed by atoms with Gasteiger partial charge in [-0.2, -0.15) is 4.73 Å². The first-order valence-corrected chi connectivity index (χ1v) is 9.05. The fraction of sp³-hybridized carbons (Fsp3) is 0.400. The molecule has 26 heavy (non-hydrogen) atoms. The predicted octanol–water partition coefficient (Wildman–Crippen LogP) is 2.68. The zero-order valence-electron chi connectivity index (χ0n) is 14.6. The molecule has 0 bridgehead atoms. The molecular weight excluding hydrogens is 332 g/mol. The quantitative estimate of drug-likeness (QED) is 0.677. The highest BCUT2D eigenvalue weighted by atomic mass is 16.7. The fourth-order valence-corrected chi connectivity index (χ4v) is 3.97. The van der Waals surface area contributed by atoms with Gasteiger partial charge in [0.2, 0.25) is 6.79 Å². The molecule has 1 fully saturated rings. The normalized spacial score (nSPS) is 17.7. The summed E-state index contributed by atoms with van der Waals surface area (Å²) >= 11 is 0. The molecule has 1 aromatic heterocycles. The third-order valence-corrected chi connectivity index (χ3v) is 5.44. The molecule has 2 heterocycles. The van der Waals surface area contributed by atoms with Gasteiger partial charge in [0.25, 0.3) is 5.69 Å². The van der Waals surface area contributed by atoms with E-state index in [9.17, 15) is 10.0 Å². The molecule has 0 spiro atoms. The number of pyridine rings is 1. The third kappa shape index (κ3) is 3.07. The van der Waals surface area contributed by atoms with Gasteiger partial charge < -0.3 is 20.0 Å². The van der Waals surface area contributed by atoms with E-state index in [0.29, 0.717) is 11.3 Å². The van der Waals surface area contributed by atoms with E-state index < -0.39 is 0 Å². The lowest BCUT2D eigenvalue weighted by Crippen LogP contribution is -2.45. The number of nitrogens with zero attached hydrogens (tertiary/aromatic N) is 1. The van der Waals surface area contributed by atoms with Crippen molar-refractivity contribution in [2.45, 2.75) is 37.5 Å². The van der Waals surface area contributed by atoms with Gasteiger partial charge in [0.1, 0.15) is 0 Å². The molecule has 1 aliphatic heterocycles. The maximum absolute atomic E-state index is 12.5. The van der Waals surface area contributed by atoms with Gasteiger partial charge in [0.05, 0.1) is 0 Å². The molecule has 1 aliphatic carbocycles. The van der Waals surface area contributed by atoms with Crippen molar-refractivity contribution >= 4 is 5.91 Å². The Morgan fingerprint density at radius 2 is 1.92 bits per heavy atom. The van der Waals surface area contributed by atoms with Crippen LogP contribution in [-0.4, -0.2) is 19.2 Å². The number of nitrogens with one attached hydrogen (secondary N) is 1. The van der Waals surface area contributed by atoms with Crippen molar-refractivity contribution in [3.05, 3.63) is 59.1 Å². The first-order valence-electron chi connectivity index (χ1n) is 9.05. The lowest BCUT2D eigenvalue weighted by atomic mass is 9.69. The number of hydrogen-bond acceptors (Lipinski definition) is 4. The van der Waals surface area contributed by atoms with Crippen LogP contribution in [0.15, 0.2) is 42.6 Å². The highest BCUT2D eigenvalue weighted by molar-refractivity contribution is 5.90. The Kier molecular flexibility index (Phi) is 4.41. The van der Waals surface area contributed by atoms with Crippen molar-refractivity contribution in [3.63, 3.8) is 0 Å². The Hall–Kier alpha value is -2.76. The summed E-state index contributed by atoms with van der Waals surface area (Å²) in [6, 6.07) is 10.9. The van der Waals surface area contributed by atoms with E-state index in [2.05, 4.69) is 11.4 Å². The van der Waals surface area contributed by atoms with Gasteiger partial charge in [-0.3, -0.25) is 4.79 Å². The zero-order valence-corrected chi connectivity index (χ0v) is 14.6. The number of ether oxygens (including phenoxy) is 2. The van der Waals surface area contributed by atoms with Crippen LogP contribution >= 0.6 is 0 Å². The van der Waals surface area contributed by atoms with Crippen molar-refractivity contribution in [3.8, 4) is 11.5 Å². The van der Waals surface area contributed by atoms with Crippen molar-refractivity contribution in [2.75, 3.05) is 13.3 Å². The summed E-state index contributed by atoms with van der Waals surface area (Å²) < 4.78 is 11.5. The average molecular weight is 354 g/mol. The monoisotopic (exact) mass is 354 g/mol. The van der Waals surface area contributed by atoms with Crippen LogP contribution in [0.1, 0.15) is 48.2 Å². The molecule has 0 unspecified atom stereocenters. The Balaban J connectivity index is 1.57. The SMILES string of the molecule is O=C(NCC1(c2ccc3c(c2)OCO3)CCCCC1)c1cccc[n+]1[O-]. The van der Waals surface area contributed by atoms with E-state index in [4.69, 9.17) is 9.47 Å². The van der Waals surface area contributed by atoms with Gasteiger partial charge >= 0.3 is 5.91 Å². The minimum absolute atomic E-state index is 0.115. The Morgan fingerprint density at radius 3 is 2.73 bits per heavy atom. The number of benzene rings is 1. The average Bonchev–Trinajstić information content (AvgIpc) is 3.15. The van der Waals surface area contributed by atoms with Crippen LogP contribution in [0, 0.1) is 5.21 Å². The molecule has 136 valence electrons. The molecule has 2 aromatic rings. The van der Waals surface area contributed by atoms with Crippen molar-refractivity contribution in [1.29, 1.82) is 0 Å². The minimum atomic E-state index is -0.341.